The summed E-state index contributed by atoms with van der Waals surface area (Å²) in [5.74, 6) is 0.898. The molecule has 0 bridgehead atoms. The molecule has 0 spiro atoms. The smallest absolute Gasteiger partial charge is 0.231 e. The Hall–Kier alpha value is -3.04. The van der Waals surface area contributed by atoms with Crippen molar-refractivity contribution in [3.63, 3.8) is 0 Å². The molecule has 0 atom stereocenters. The molecule has 0 radical (unpaired) electrons. The summed E-state index contributed by atoms with van der Waals surface area (Å²) in [5.41, 5.74) is 2.88. The van der Waals surface area contributed by atoms with Crippen molar-refractivity contribution in [3.05, 3.63) is 63.3 Å². The number of nitrogens with one attached hydrogen (secondary N) is 1. The summed E-state index contributed by atoms with van der Waals surface area (Å²) in [6, 6.07) is 13.1. The van der Waals surface area contributed by atoms with Crippen molar-refractivity contribution in [1.29, 1.82) is 5.26 Å². The van der Waals surface area contributed by atoms with E-state index in [0.29, 0.717) is 27.1 Å². The van der Waals surface area contributed by atoms with E-state index in [1.165, 1.54) is 0 Å². The van der Waals surface area contributed by atoms with Gasteiger partial charge < -0.3 is 14.5 Å². The second-order valence-electron chi connectivity index (χ2n) is 5.91. The van der Waals surface area contributed by atoms with Gasteiger partial charge in [-0.25, -0.2) is 0 Å². The van der Waals surface area contributed by atoms with Crippen molar-refractivity contribution in [2.75, 3.05) is 6.79 Å². The summed E-state index contributed by atoms with van der Waals surface area (Å²) < 4.78 is 11.5. The number of ether oxygens (including phenoxy) is 2. The van der Waals surface area contributed by atoms with Gasteiger partial charge in [0, 0.05) is 16.6 Å². The van der Waals surface area contributed by atoms with Crippen LogP contribution in [-0.4, -0.2) is 17.6 Å². The van der Waals surface area contributed by atoms with Crippen LogP contribution in [0, 0.1) is 18.3 Å². The summed E-state index contributed by atoms with van der Waals surface area (Å²) >= 11 is 3.42. The van der Waals surface area contributed by atoms with Crippen molar-refractivity contribution in [3.8, 4) is 17.6 Å². The second-order valence-corrected chi connectivity index (χ2v) is 6.76. The van der Waals surface area contributed by atoms with Gasteiger partial charge >= 0.3 is 0 Å². The Morgan fingerprint density at radius 3 is 2.92 bits per heavy atom. The van der Waals surface area contributed by atoms with Crippen LogP contribution in [0.5, 0.6) is 11.5 Å². The van der Waals surface area contributed by atoms with E-state index in [1.807, 2.05) is 37.3 Å². The van der Waals surface area contributed by atoms with Crippen molar-refractivity contribution >= 4 is 38.7 Å². The molecule has 0 aliphatic carbocycles. The largest absolute Gasteiger partial charge is 0.454 e. The number of benzene rings is 2. The summed E-state index contributed by atoms with van der Waals surface area (Å²) in [4.78, 5) is 16.2. The molecule has 3 aromatic rings. The van der Waals surface area contributed by atoms with Crippen molar-refractivity contribution in [2.24, 2.45) is 0 Å². The van der Waals surface area contributed by atoms with Gasteiger partial charge in [0.15, 0.2) is 11.5 Å². The van der Waals surface area contributed by atoms with Gasteiger partial charge in [-0.3, -0.25) is 4.79 Å². The lowest BCUT2D eigenvalue weighted by Crippen LogP contribution is -2.03. The number of carbonyl (C=O) groups is 1. The minimum Gasteiger partial charge on any atom is -0.454 e. The minimum absolute atomic E-state index is 0.0589. The van der Waals surface area contributed by atoms with E-state index in [1.54, 1.807) is 18.2 Å². The maximum atomic E-state index is 13.0. The highest BCUT2D eigenvalue weighted by Gasteiger charge is 2.21. The number of fused-ring (bicyclic) bond motifs is 2. The highest BCUT2D eigenvalue weighted by Crippen LogP contribution is 2.40. The van der Waals surface area contributed by atoms with E-state index in [2.05, 4.69) is 20.9 Å². The number of aromatic amines is 1. The van der Waals surface area contributed by atoms with E-state index in [9.17, 15) is 10.1 Å². The maximum absolute atomic E-state index is 13.0. The third-order valence-corrected chi connectivity index (χ3v) is 4.84. The van der Waals surface area contributed by atoms with Crippen LogP contribution in [0.3, 0.4) is 0 Å². The fraction of sp³-hybridized carbons (Fsp3) is 0.100. The number of hydrogen-bond donors (Lipinski definition) is 1. The van der Waals surface area contributed by atoms with Crippen LogP contribution in [0.4, 0.5) is 0 Å². The molecule has 6 heteroatoms. The average Bonchev–Trinajstić information content (AvgIpc) is 3.22. The zero-order valence-electron chi connectivity index (χ0n) is 13.8. The number of aromatic nitrogens is 1. The number of rotatable bonds is 3. The van der Waals surface area contributed by atoms with Gasteiger partial charge in [0.2, 0.25) is 12.6 Å². The number of allylic oxidation sites excluding steroid dienone is 1. The number of para-hydroxylation sites is 1. The van der Waals surface area contributed by atoms with E-state index in [4.69, 9.17) is 9.47 Å². The minimum atomic E-state index is -0.309. The molecular weight excluding hydrogens is 396 g/mol. The van der Waals surface area contributed by atoms with E-state index < -0.39 is 0 Å². The standard InChI is InChI=1S/C20H13BrN2O3/c1-11-18(14-4-2-3-5-16(14)23-11)19(24)13(9-22)6-12-7-15(21)20-17(8-12)25-10-26-20/h2-8,23H,10H2,1H3/b13-6+. The molecular formula is C20H13BrN2O3. The van der Waals surface area contributed by atoms with Gasteiger partial charge in [-0.1, -0.05) is 18.2 Å². The quantitative estimate of drug-likeness (QED) is 0.385. The Labute approximate surface area is 158 Å². The lowest BCUT2D eigenvalue weighted by molar-refractivity contribution is 0.104. The third-order valence-electron chi connectivity index (χ3n) is 4.25. The molecule has 0 saturated carbocycles. The van der Waals surface area contributed by atoms with Gasteiger partial charge in [-0.2, -0.15) is 5.26 Å². The van der Waals surface area contributed by atoms with Gasteiger partial charge in [-0.05, 0) is 52.7 Å². The van der Waals surface area contributed by atoms with Crippen LogP contribution in [-0.2, 0) is 0 Å². The van der Waals surface area contributed by atoms with Crippen LogP contribution in [0.15, 0.2) is 46.4 Å². The first-order valence-corrected chi connectivity index (χ1v) is 8.70. The monoisotopic (exact) mass is 408 g/mol. The first-order valence-electron chi connectivity index (χ1n) is 7.91. The Morgan fingerprint density at radius 1 is 1.31 bits per heavy atom. The number of nitrogens with zero attached hydrogens (tertiary/aromatic N) is 1. The lowest BCUT2D eigenvalue weighted by atomic mass is 9.99. The van der Waals surface area contributed by atoms with Gasteiger partial charge in [0.1, 0.15) is 11.6 Å². The van der Waals surface area contributed by atoms with Crippen molar-refractivity contribution < 1.29 is 14.3 Å². The highest BCUT2D eigenvalue weighted by molar-refractivity contribution is 9.10. The van der Waals surface area contributed by atoms with Crippen LogP contribution in [0.25, 0.3) is 17.0 Å². The number of nitriles is 1. The number of carbonyl (C=O) groups excluding carboxylic acids is 1. The SMILES string of the molecule is Cc1[nH]c2ccccc2c1C(=O)/C(C#N)=C/c1cc(Br)c2c(c1)OCO2. The maximum Gasteiger partial charge on any atom is 0.231 e. The molecule has 0 unspecified atom stereocenters. The zero-order valence-corrected chi connectivity index (χ0v) is 15.4. The molecule has 0 fully saturated rings. The first-order chi connectivity index (χ1) is 12.6. The number of hydrogen-bond acceptors (Lipinski definition) is 4. The van der Waals surface area contributed by atoms with Crippen molar-refractivity contribution in [1.82, 2.24) is 4.98 Å². The summed E-state index contributed by atoms with van der Waals surface area (Å²) in [5, 5.41) is 10.4. The average molecular weight is 409 g/mol. The number of Topliss-reactive ketones (excluding diaryl/α,β-unsaturated/α-hetero) is 1. The molecule has 26 heavy (non-hydrogen) atoms. The van der Waals surface area contributed by atoms with E-state index in [-0.39, 0.29) is 18.1 Å². The van der Waals surface area contributed by atoms with Gasteiger partial charge in [0.25, 0.3) is 0 Å². The van der Waals surface area contributed by atoms with Crippen LogP contribution >= 0.6 is 15.9 Å². The zero-order chi connectivity index (χ0) is 18.3. The molecule has 5 nitrogen and oxygen atoms in total. The third kappa shape index (κ3) is 2.67. The Bertz CT molecular complexity index is 1120. The molecule has 1 N–H and O–H groups in total. The Morgan fingerprint density at radius 2 is 2.12 bits per heavy atom. The fourth-order valence-electron chi connectivity index (χ4n) is 3.09. The molecule has 1 aliphatic heterocycles. The van der Waals surface area contributed by atoms with E-state index in [0.717, 1.165) is 16.6 Å². The number of ketones is 1. The van der Waals surface area contributed by atoms with E-state index >= 15 is 0 Å². The molecule has 1 aromatic heterocycles. The van der Waals surface area contributed by atoms with Crippen LogP contribution < -0.4 is 9.47 Å². The molecule has 4 rings (SSSR count). The highest BCUT2D eigenvalue weighted by atomic mass is 79.9. The lowest BCUT2D eigenvalue weighted by Gasteiger charge is -2.03. The topological polar surface area (TPSA) is 75.1 Å². The van der Waals surface area contributed by atoms with Gasteiger partial charge in [0.05, 0.1) is 10.0 Å². The predicted octanol–water partition coefficient (Wildman–Crippen LogP) is 4.76. The first kappa shape index (κ1) is 16.4. The number of halogens is 1. The fourth-order valence-corrected chi connectivity index (χ4v) is 3.66. The molecule has 0 amide bonds. The predicted molar refractivity (Wildman–Crippen MR) is 101 cm³/mol. The summed E-state index contributed by atoms with van der Waals surface area (Å²) in [7, 11) is 0. The summed E-state index contributed by atoms with van der Waals surface area (Å²) in [6.07, 6.45) is 1.57. The normalized spacial score (nSPS) is 13.0. The van der Waals surface area contributed by atoms with Crippen molar-refractivity contribution in [2.45, 2.75) is 6.92 Å². The van der Waals surface area contributed by atoms with Crippen LogP contribution in [0.2, 0.25) is 0 Å². The Kier molecular flexibility index (Phi) is 4.02. The molecule has 2 heterocycles. The number of aryl methyl sites for hydroxylation is 1. The number of H-pyrrole nitrogens is 1. The summed E-state index contributed by atoms with van der Waals surface area (Å²) in [6.45, 7) is 1.99. The molecule has 1 aliphatic rings. The Balaban J connectivity index is 1.79. The molecule has 128 valence electrons. The van der Waals surface area contributed by atoms with Crippen LogP contribution in [0.1, 0.15) is 21.6 Å². The second kappa shape index (κ2) is 6.36. The molecule has 0 saturated heterocycles. The van der Waals surface area contributed by atoms with Gasteiger partial charge in [-0.15, -0.1) is 0 Å². The molecule has 2 aromatic carbocycles.